The molecule has 0 aliphatic rings. The Morgan fingerprint density at radius 2 is 2.16 bits per heavy atom. The molecule has 0 N–H and O–H groups in total. The van der Waals surface area contributed by atoms with Gasteiger partial charge in [0.05, 0.1) is 10.6 Å². The normalized spacial score (nSPS) is 11.9. The van der Waals surface area contributed by atoms with Crippen molar-refractivity contribution in [2.24, 2.45) is 0 Å². The number of benzene rings is 1. The molecular weight excluding hydrogens is 312 g/mol. The molecule has 2 aromatic rings. The van der Waals surface area contributed by atoms with Crippen molar-refractivity contribution in [1.82, 2.24) is 4.98 Å². The van der Waals surface area contributed by atoms with Crippen LogP contribution in [0.25, 0.3) is 0 Å². The highest BCUT2D eigenvalue weighted by Gasteiger charge is 2.18. The molecule has 0 aliphatic heterocycles. The molecule has 1 aromatic carbocycles. The molecule has 1 atom stereocenters. The van der Waals surface area contributed by atoms with Crippen LogP contribution in [0.5, 0.6) is 5.75 Å². The van der Waals surface area contributed by atoms with E-state index in [0.29, 0.717) is 0 Å². The van der Waals surface area contributed by atoms with E-state index < -0.39 is 4.92 Å². The van der Waals surface area contributed by atoms with E-state index in [1.54, 1.807) is 31.3 Å². The Balaban J connectivity index is 2.28. The average Bonchev–Trinajstić information content (AvgIpc) is 2.39. The van der Waals surface area contributed by atoms with E-state index in [1.165, 1.54) is 6.07 Å². The highest BCUT2D eigenvalue weighted by atomic mass is 79.9. The number of pyridine rings is 1. The van der Waals surface area contributed by atoms with Crippen molar-refractivity contribution < 1.29 is 9.66 Å². The molecule has 0 bridgehead atoms. The van der Waals surface area contributed by atoms with Crippen LogP contribution in [0, 0.1) is 10.1 Å². The molecule has 0 fully saturated rings. The molecule has 0 unspecified atom stereocenters. The molecule has 0 amide bonds. The zero-order valence-corrected chi connectivity index (χ0v) is 11.7. The number of nitro groups is 1. The fourth-order valence-corrected chi connectivity index (χ4v) is 1.94. The molecule has 6 heteroatoms. The summed E-state index contributed by atoms with van der Waals surface area (Å²) in [5, 5.41) is 10.9. The zero-order valence-electron chi connectivity index (χ0n) is 10.1. The number of hydrogen-bond acceptors (Lipinski definition) is 4. The number of nitrogens with zero attached hydrogens (tertiary/aromatic N) is 2. The lowest BCUT2D eigenvalue weighted by molar-refractivity contribution is -0.386. The quantitative estimate of drug-likeness (QED) is 0.632. The first-order valence-corrected chi connectivity index (χ1v) is 6.39. The van der Waals surface area contributed by atoms with Crippen molar-refractivity contribution >= 4 is 21.6 Å². The third-order valence-corrected chi connectivity index (χ3v) is 3.02. The number of hydrogen-bond donors (Lipinski definition) is 0. The summed E-state index contributed by atoms with van der Waals surface area (Å²) in [6.45, 7) is 1.80. The van der Waals surface area contributed by atoms with Crippen LogP contribution in [-0.4, -0.2) is 9.91 Å². The van der Waals surface area contributed by atoms with Crippen molar-refractivity contribution in [2.75, 3.05) is 0 Å². The smallest absolute Gasteiger partial charge is 0.311 e. The Labute approximate surface area is 118 Å². The van der Waals surface area contributed by atoms with E-state index in [1.807, 2.05) is 12.1 Å². The maximum Gasteiger partial charge on any atom is 0.311 e. The first-order valence-electron chi connectivity index (χ1n) is 5.59. The third-order valence-electron chi connectivity index (χ3n) is 2.53. The van der Waals surface area contributed by atoms with Crippen molar-refractivity contribution in [3.8, 4) is 5.75 Å². The van der Waals surface area contributed by atoms with Gasteiger partial charge in [-0.15, -0.1) is 0 Å². The molecule has 0 spiro atoms. The number of nitro benzene ring substituents is 1. The molecular formula is C13H11BrN2O3. The summed E-state index contributed by atoms with van der Waals surface area (Å²) < 4.78 is 6.36. The van der Waals surface area contributed by atoms with Gasteiger partial charge in [-0.05, 0) is 25.1 Å². The van der Waals surface area contributed by atoms with Crippen LogP contribution >= 0.6 is 15.9 Å². The Hall–Kier alpha value is -1.95. The monoisotopic (exact) mass is 322 g/mol. The number of ether oxygens (including phenoxy) is 1. The molecule has 0 saturated carbocycles. The van der Waals surface area contributed by atoms with Crippen LogP contribution in [0.2, 0.25) is 0 Å². The minimum absolute atomic E-state index is 0.0639. The van der Waals surface area contributed by atoms with E-state index in [4.69, 9.17) is 4.74 Å². The van der Waals surface area contributed by atoms with Gasteiger partial charge in [-0.25, -0.2) is 0 Å². The van der Waals surface area contributed by atoms with Gasteiger partial charge >= 0.3 is 5.69 Å². The lowest BCUT2D eigenvalue weighted by Gasteiger charge is -2.14. The maximum atomic E-state index is 10.9. The number of rotatable bonds is 4. The van der Waals surface area contributed by atoms with Gasteiger partial charge in [0.2, 0.25) is 0 Å². The van der Waals surface area contributed by atoms with Gasteiger partial charge in [0.15, 0.2) is 5.75 Å². The lowest BCUT2D eigenvalue weighted by atomic mass is 10.2. The fourth-order valence-electron chi connectivity index (χ4n) is 1.60. The minimum atomic E-state index is -0.465. The maximum absolute atomic E-state index is 10.9. The summed E-state index contributed by atoms with van der Waals surface area (Å²) in [5.41, 5.74) is 0.655. The molecule has 0 aliphatic carbocycles. The van der Waals surface area contributed by atoms with E-state index >= 15 is 0 Å². The summed E-state index contributed by atoms with van der Waals surface area (Å²) >= 11 is 3.27. The SMILES string of the molecule is C[C@H](Oc1cc(Br)ccc1[N+](=O)[O-])c1ccccn1. The first kappa shape index (κ1) is 13.5. The lowest BCUT2D eigenvalue weighted by Crippen LogP contribution is -2.06. The van der Waals surface area contributed by atoms with Crippen LogP contribution in [-0.2, 0) is 0 Å². The van der Waals surface area contributed by atoms with Crippen molar-refractivity contribution in [3.05, 3.63) is 62.9 Å². The molecule has 19 heavy (non-hydrogen) atoms. The second kappa shape index (κ2) is 5.79. The predicted molar refractivity (Wildman–Crippen MR) is 74.1 cm³/mol. The summed E-state index contributed by atoms with van der Waals surface area (Å²) in [5.74, 6) is 0.220. The fraction of sp³-hybridized carbons (Fsp3) is 0.154. The largest absolute Gasteiger partial charge is 0.477 e. The van der Waals surface area contributed by atoms with Gasteiger partial charge in [0, 0.05) is 22.8 Å². The first-order chi connectivity index (χ1) is 9.08. The molecule has 0 saturated heterocycles. The van der Waals surface area contributed by atoms with Crippen molar-refractivity contribution in [2.45, 2.75) is 13.0 Å². The molecule has 2 rings (SSSR count). The number of halogens is 1. The van der Waals surface area contributed by atoms with Crippen molar-refractivity contribution in [1.29, 1.82) is 0 Å². The van der Waals surface area contributed by atoms with Crippen LogP contribution in [0.1, 0.15) is 18.7 Å². The third kappa shape index (κ3) is 3.29. The van der Waals surface area contributed by atoms with Crippen LogP contribution in [0.3, 0.4) is 0 Å². The summed E-state index contributed by atoms with van der Waals surface area (Å²) in [7, 11) is 0. The molecule has 98 valence electrons. The molecule has 1 aromatic heterocycles. The van der Waals surface area contributed by atoms with Crippen LogP contribution in [0.15, 0.2) is 47.1 Å². The Kier molecular flexibility index (Phi) is 4.11. The van der Waals surface area contributed by atoms with E-state index in [9.17, 15) is 10.1 Å². The average molecular weight is 323 g/mol. The van der Waals surface area contributed by atoms with Crippen LogP contribution in [0.4, 0.5) is 5.69 Å². The second-order valence-corrected chi connectivity index (χ2v) is 4.80. The van der Waals surface area contributed by atoms with E-state index in [2.05, 4.69) is 20.9 Å². The standard InChI is InChI=1S/C13H11BrN2O3/c1-9(11-4-2-3-7-15-11)19-13-8-10(14)5-6-12(13)16(17)18/h2-9H,1H3/t9-/m0/s1. The van der Waals surface area contributed by atoms with Crippen LogP contribution < -0.4 is 4.74 Å². The Bertz CT molecular complexity index is 590. The molecule has 0 radical (unpaired) electrons. The highest BCUT2D eigenvalue weighted by Crippen LogP contribution is 2.33. The van der Waals surface area contributed by atoms with Gasteiger partial charge in [0.25, 0.3) is 0 Å². The van der Waals surface area contributed by atoms with Crippen molar-refractivity contribution in [3.63, 3.8) is 0 Å². The topological polar surface area (TPSA) is 65.3 Å². The predicted octanol–water partition coefficient (Wildman–Crippen LogP) is 3.89. The van der Waals surface area contributed by atoms with E-state index in [-0.39, 0.29) is 17.5 Å². The summed E-state index contributed by atoms with van der Waals surface area (Å²) in [4.78, 5) is 14.6. The number of aromatic nitrogens is 1. The Morgan fingerprint density at radius 3 is 2.79 bits per heavy atom. The highest BCUT2D eigenvalue weighted by molar-refractivity contribution is 9.10. The van der Waals surface area contributed by atoms with Gasteiger partial charge in [-0.1, -0.05) is 22.0 Å². The summed E-state index contributed by atoms with van der Waals surface area (Å²) in [6.07, 6.45) is 1.29. The Morgan fingerprint density at radius 1 is 1.37 bits per heavy atom. The van der Waals surface area contributed by atoms with Gasteiger partial charge in [-0.2, -0.15) is 0 Å². The zero-order chi connectivity index (χ0) is 13.8. The van der Waals surface area contributed by atoms with Gasteiger partial charge in [0.1, 0.15) is 6.10 Å². The van der Waals surface area contributed by atoms with E-state index in [0.717, 1.165) is 10.2 Å². The second-order valence-electron chi connectivity index (χ2n) is 3.88. The van der Waals surface area contributed by atoms with Gasteiger partial charge in [-0.3, -0.25) is 15.1 Å². The minimum Gasteiger partial charge on any atom is -0.477 e. The molecule has 1 heterocycles. The molecule has 5 nitrogen and oxygen atoms in total. The van der Waals surface area contributed by atoms with Gasteiger partial charge < -0.3 is 4.74 Å². The summed E-state index contributed by atoms with van der Waals surface area (Å²) in [6, 6.07) is 10.1.